The van der Waals surface area contributed by atoms with Gasteiger partial charge in [0.2, 0.25) is 0 Å². The van der Waals surface area contributed by atoms with Gasteiger partial charge in [-0.1, -0.05) is 115 Å². The quantitative estimate of drug-likeness (QED) is 0.178. The average Bonchev–Trinajstić information content (AvgIpc) is 3.84. The van der Waals surface area contributed by atoms with Crippen LogP contribution in [-0.2, 0) is 6.42 Å². The highest BCUT2D eigenvalue weighted by Gasteiger charge is 2.23. The van der Waals surface area contributed by atoms with Crippen LogP contribution in [0.1, 0.15) is 17.5 Å². The zero-order chi connectivity index (χ0) is 33.9. The largest absolute Gasteiger partial charge is 0.309 e. The topological polar surface area (TPSA) is 9.86 Å². The van der Waals surface area contributed by atoms with Crippen molar-refractivity contribution in [2.75, 3.05) is 0 Å². The predicted octanol–water partition coefficient (Wildman–Crippen LogP) is 13.3. The van der Waals surface area contributed by atoms with Crippen molar-refractivity contribution in [1.82, 2.24) is 9.13 Å². The lowest BCUT2D eigenvalue weighted by Gasteiger charge is -2.15. The van der Waals surface area contributed by atoms with Gasteiger partial charge in [0.25, 0.3) is 0 Å². The predicted molar refractivity (Wildman–Crippen MR) is 220 cm³/mol. The van der Waals surface area contributed by atoms with Crippen LogP contribution < -0.4 is 0 Å². The van der Waals surface area contributed by atoms with Crippen LogP contribution in [-0.4, -0.2) is 9.13 Å². The van der Waals surface area contributed by atoms with Crippen LogP contribution in [0.3, 0.4) is 0 Å². The van der Waals surface area contributed by atoms with Crippen molar-refractivity contribution in [3.8, 4) is 44.8 Å². The van der Waals surface area contributed by atoms with Gasteiger partial charge in [0.05, 0.1) is 22.1 Å². The minimum Gasteiger partial charge on any atom is -0.309 e. The second kappa shape index (κ2) is 10.4. The highest BCUT2D eigenvalue weighted by atomic mass is 15.0. The second-order valence-corrected chi connectivity index (χ2v) is 14.4. The molecule has 0 unspecified atom stereocenters. The lowest BCUT2D eigenvalue weighted by molar-refractivity contribution is 0.986. The molecule has 2 aliphatic rings. The Kier molecular flexibility index (Phi) is 5.64. The molecule has 0 aliphatic heterocycles. The Morgan fingerprint density at radius 3 is 1.96 bits per heavy atom. The molecular formula is C50H32N2. The van der Waals surface area contributed by atoms with Gasteiger partial charge >= 0.3 is 0 Å². The Morgan fingerprint density at radius 1 is 0.423 bits per heavy atom. The molecule has 0 N–H and O–H groups in total. The standard InChI is InChI=1S/C50H32N2/c1-2-13-35(14-3-1)52-48-26-23-33(29-44(48)42-24-21-31-11-4-5-15-37(31)50(42)52)32-22-25-47-43(28-32)40-18-8-9-20-46(40)51(47)36-27-34-12-10-19-41-38-16-6-7-17-39(38)45(30-36)49(34)41/h1-3,5-10,12-30H,4,11H2. The van der Waals surface area contributed by atoms with Crippen molar-refractivity contribution in [1.29, 1.82) is 0 Å². The first-order valence-electron chi connectivity index (χ1n) is 18.3. The number of aryl methyl sites for hydroxylation is 1. The molecule has 0 spiro atoms. The fourth-order valence-corrected chi connectivity index (χ4v) is 9.41. The maximum atomic E-state index is 2.47. The van der Waals surface area contributed by atoms with E-state index in [1.54, 1.807) is 0 Å². The number of hydrogen-bond donors (Lipinski definition) is 0. The molecule has 2 heterocycles. The summed E-state index contributed by atoms with van der Waals surface area (Å²) in [6.07, 6.45) is 6.86. The van der Waals surface area contributed by atoms with E-state index in [4.69, 9.17) is 0 Å². The molecule has 0 radical (unpaired) electrons. The number of aromatic nitrogens is 2. The number of hydrogen-bond acceptors (Lipinski definition) is 0. The highest BCUT2D eigenvalue weighted by molar-refractivity contribution is 6.17. The number of para-hydroxylation sites is 2. The van der Waals surface area contributed by atoms with Crippen LogP contribution in [0.4, 0.5) is 0 Å². The molecule has 10 aromatic rings. The third-order valence-electron chi connectivity index (χ3n) is 11.7. The van der Waals surface area contributed by atoms with Gasteiger partial charge in [-0.2, -0.15) is 0 Å². The molecule has 8 aromatic carbocycles. The van der Waals surface area contributed by atoms with Gasteiger partial charge in [-0.3, -0.25) is 0 Å². The molecule has 0 fully saturated rings. The summed E-state index contributed by atoms with van der Waals surface area (Å²) in [5, 5.41) is 7.77. The minimum absolute atomic E-state index is 1.09. The van der Waals surface area contributed by atoms with Crippen molar-refractivity contribution in [2.45, 2.75) is 12.8 Å². The van der Waals surface area contributed by atoms with Crippen LogP contribution in [0.25, 0.3) is 105 Å². The molecule has 242 valence electrons. The third-order valence-corrected chi connectivity index (χ3v) is 11.7. The first-order chi connectivity index (χ1) is 25.8. The lowest BCUT2D eigenvalue weighted by Crippen LogP contribution is -1.99. The van der Waals surface area contributed by atoms with Gasteiger partial charge in [0.1, 0.15) is 0 Å². The summed E-state index contributed by atoms with van der Waals surface area (Å²) >= 11 is 0. The van der Waals surface area contributed by atoms with Crippen molar-refractivity contribution in [3.63, 3.8) is 0 Å². The fraction of sp³-hybridized carbons (Fsp3) is 0.0400. The van der Waals surface area contributed by atoms with E-state index in [-0.39, 0.29) is 0 Å². The van der Waals surface area contributed by atoms with E-state index in [0.29, 0.717) is 0 Å². The summed E-state index contributed by atoms with van der Waals surface area (Å²) < 4.78 is 4.93. The average molecular weight is 661 g/mol. The summed E-state index contributed by atoms with van der Waals surface area (Å²) in [4.78, 5) is 0. The number of allylic oxidation sites excluding steroid dienone is 1. The van der Waals surface area contributed by atoms with Crippen LogP contribution in [0.15, 0.2) is 164 Å². The number of fused-ring (bicyclic) bond motifs is 11. The Hall–Kier alpha value is -6.64. The van der Waals surface area contributed by atoms with Crippen molar-refractivity contribution in [3.05, 3.63) is 175 Å². The lowest BCUT2D eigenvalue weighted by atomic mass is 9.94. The molecule has 2 aliphatic carbocycles. The Labute approximate surface area is 301 Å². The van der Waals surface area contributed by atoms with E-state index < -0.39 is 0 Å². The zero-order valence-corrected chi connectivity index (χ0v) is 28.5. The van der Waals surface area contributed by atoms with Gasteiger partial charge in [0.15, 0.2) is 0 Å². The van der Waals surface area contributed by atoms with E-state index >= 15 is 0 Å². The van der Waals surface area contributed by atoms with E-state index in [1.807, 2.05) is 0 Å². The smallest absolute Gasteiger partial charge is 0.0616 e. The first kappa shape index (κ1) is 28.1. The normalized spacial score (nSPS) is 13.2. The molecule has 52 heavy (non-hydrogen) atoms. The van der Waals surface area contributed by atoms with Gasteiger partial charge in [-0.05, 0) is 117 Å². The number of benzene rings is 8. The van der Waals surface area contributed by atoms with E-state index in [0.717, 1.165) is 12.8 Å². The maximum absolute atomic E-state index is 2.47. The molecular weight excluding hydrogens is 629 g/mol. The molecule has 12 rings (SSSR count). The van der Waals surface area contributed by atoms with Gasteiger partial charge in [-0.15, -0.1) is 0 Å². The number of rotatable bonds is 3. The third kappa shape index (κ3) is 3.79. The van der Waals surface area contributed by atoms with Gasteiger partial charge < -0.3 is 9.13 Å². The van der Waals surface area contributed by atoms with Crippen molar-refractivity contribution in [2.24, 2.45) is 0 Å². The monoisotopic (exact) mass is 660 g/mol. The summed E-state index contributed by atoms with van der Waals surface area (Å²) in [6, 6.07) is 58.8. The van der Waals surface area contributed by atoms with E-state index in [1.165, 1.54) is 110 Å². The summed E-state index contributed by atoms with van der Waals surface area (Å²) in [6.45, 7) is 0. The second-order valence-electron chi connectivity index (χ2n) is 14.4. The Balaban J connectivity index is 1.07. The Morgan fingerprint density at radius 2 is 1.12 bits per heavy atom. The van der Waals surface area contributed by atoms with Crippen LogP contribution in [0, 0.1) is 0 Å². The van der Waals surface area contributed by atoms with Crippen molar-refractivity contribution >= 4 is 60.5 Å². The molecule has 0 bridgehead atoms. The highest BCUT2D eigenvalue weighted by Crippen LogP contribution is 2.49. The summed E-state index contributed by atoms with van der Waals surface area (Å²) in [5.41, 5.74) is 17.9. The molecule has 0 saturated carbocycles. The Bertz CT molecular complexity index is 3170. The van der Waals surface area contributed by atoms with Crippen LogP contribution in [0.2, 0.25) is 0 Å². The van der Waals surface area contributed by atoms with E-state index in [2.05, 4.69) is 179 Å². The molecule has 2 aromatic heterocycles. The number of nitrogens with zero attached hydrogens (tertiary/aromatic N) is 2. The minimum atomic E-state index is 1.09. The fourth-order valence-electron chi connectivity index (χ4n) is 9.41. The summed E-state index contributed by atoms with van der Waals surface area (Å²) in [5.74, 6) is 0. The summed E-state index contributed by atoms with van der Waals surface area (Å²) in [7, 11) is 0. The molecule has 0 saturated heterocycles. The maximum Gasteiger partial charge on any atom is 0.0616 e. The van der Waals surface area contributed by atoms with Crippen LogP contribution in [0.5, 0.6) is 0 Å². The van der Waals surface area contributed by atoms with E-state index in [9.17, 15) is 0 Å². The zero-order valence-electron chi connectivity index (χ0n) is 28.5. The molecule has 2 heteroatoms. The van der Waals surface area contributed by atoms with Crippen molar-refractivity contribution < 1.29 is 0 Å². The molecule has 0 amide bonds. The molecule has 2 nitrogen and oxygen atoms in total. The first-order valence-corrected chi connectivity index (χ1v) is 18.3. The molecule has 0 atom stereocenters. The SMILES string of the molecule is C1=Cc2c(ccc3c4cc(-c5ccc6c(c5)c5ccccc5n6-c5cc6c7c(cccc7c5)-c5ccccc5-6)ccc4n(-c4ccccc4)c23)CC1. The van der Waals surface area contributed by atoms with Gasteiger partial charge in [-0.25, -0.2) is 0 Å². The van der Waals surface area contributed by atoms with Crippen LogP contribution >= 0.6 is 0 Å². The van der Waals surface area contributed by atoms with Gasteiger partial charge in [0, 0.05) is 38.5 Å².